The van der Waals surface area contributed by atoms with Crippen molar-refractivity contribution in [3.8, 4) is 0 Å². The molecule has 0 saturated heterocycles. The van der Waals surface area contributed by atoms with Gasteiger partial charge in [-0.25, -0.2) is 24.0 Å². The number of esters is 5. The second-order valence-corrected chi connectivity index (χ2v) is 17.9. The van der Waals surface area contributed by atoms with Gasteiger partial charge in [-0.2, -0.15) is 0 Å². The Balaban J connectivity index is 0.000000707. The van der Waals surface area contributed by atoms with Crippen LogP contribution in [0.2, 0.25) is 0 Å². The van der Waals surface area contributed by atoms with Crippen LogP contribution in [0.1, 0.15) is 279 Å². The SMILES string of the molecule is CCCCCCCCOC(=O)c1ccc(C(=O)OCCCCCCCC)c(C(=O)OCCCCCCCC)c1.CCCCCCCCOC(=O)c1ccc(C(=O)OCCCCCCCC)cc1. The normalized spacial score (nSPS) is 10.8. The summed E-state index contributed by atoms with van der Waals surface area (Å²) in [5.41, 5.74) is 1.36. The molecule has 10 nitrogen and oxygen atoms in total. The molecular formula is C57H92O10. The van der Waals surface area contributed by atoms with E-state index in [0.29, 0.717) is 37.6 Å². The van der Waals surface area contributed by atoms with E-state index >= 15 is 0 Å². The Labute approximate surface area is 406 Å². The zero-order valence-corrected chi connectivity index (χ0v) is 42.9. The lowest BCUT2D eigenvalue weighted by Crippen LogP contribution is -2.17. The van der Waals surface area contributed by atoms with Crippen molar-refractivity contribution in [1.29, 1.82) is 0 Å². The Hall–Kier alpha value is -4.21. The van der Waals surface area contributed by atoms with Gasteiger partial charge in [0.05, 0.1) is 60.9 Å². The first-order valence-corrected chi connectivity index (χ1v) is 26.8. The highest BCUT2D eigenvalue weighted by Crippen LogP contribution is 2.19. The van der Waals surface area contributed by atoms with Crippen LogP contribution in [0.5, 0.6) is 0 Å². The van der Waals surface area contributed by atoms with Gasteiger partial charge in [0.2, 0.25) is 0 Å². The van der Waals surface area contributed by atoms with Gasteiger partial charge in [0.15, 0.2) is 0 Å². The molecule has 0 aliphatic carbocycles. The summed E-state index contributed by atoms with van der Waals surface area (Å²) < 4.78 is 27.0. The van der Waals surface area contributed by atoms with Crippen molar-refractivity contribution < 1.29 is 47.7 Å². The molecule has 67 heavy (non-hydrogen) atoms. The average Bonchev–Trinajstić information content (AvgIpc) is 3.34. The molecule has 2 rings (SSSR count). The largest absolute Gasteiger partial charge is 0.462 e. The summed E-state index contributed by atoms with van der Waals surface area (Å²) in [7, 11) is 0. The van der Waals surface area contributed by atoms with Crippen LogP contribution in [0, 0.1) is 0 Å². The minimum Gasteiger partial charge on any atom is -0.462 e. The van der Waals surface area contributed by atoms with Crippen molar-refractivity contribution >= 4 is 29.8 Å². The molecule has 0 fully saturated rings. The molecule has 0 N–H and O–H groups in total. The van der Waals surface area contributed by atoms with Gasteiger partial charge in [-0.05, 0) is 74.6 Å². The van der Waals surface area contributed by atoms with Gasteiger partial charge in [0.25, 0.3) is 0 Å². The minimum absolute atomic E-state index is 0.0583. The van der Waals surface area contributed by atoms with Crippen molar-refractivity contribution in [3.05, 3.63) is 70.3 Å². The Morgan fingerprint density at radius 3 is 0.791 bits per heavy atom. The first kappa shape index (κ1) is 60.8. The lowest BCUT2D eigenvalue weighted by molar-refractivity contribution is 0.0447. The third-order valence-corrected chi connectivity index (χ3v) is 11.7. The molecule has 10 heteroatoms. The Morgan fingerprint density at radius 2 is 0.493 bits per heavy atom. The Morgan fingerprint density at radius 1 is 0.269 bits per heavy atom. The Bertz CT molecular complexity index is 1520. The molecule has 0 heterocycles. The van der Waals surface area contributed by atoms with E-state index in [1.165, 1.54) is 127 Å². The zero-order valence-electron chi connectivity index (χ0n) is 42.9. The molecule has 0 aromatic heterocycles. The van der Waals surface area contributed by atoms with Gasteiger partial charge < -0.3 is 23.7 Å². The van der Waals surface area contributed by atoms with E-state index in [0.717, 1.165) is 83.5 Å². The molecule has 0 radical (unpaired) electrons. The predicted octanol–water partition coefficient (Wildman–Crippen LogP) is 16.0. The van der Waals surface area contributed by atoms with Crippen LogP contribution in [0.25, 0.3) is 0 Å². The molecular weight excluding hydrogens is 845 g/mol. The van der Waals surface area contributed by atoms with Crippen LogP contribution in [0.4, 0.5) is 0 Å². The van der Waals surface area contributed by atoms with Crippen LogP contribution >= 0.6 is 0 Å². The average molecular weight is 937 g/mol. The number of unbranched alkanes of at least 4 members (excludes halogenated alkanes) is 25. The van der Waals surface area contributed by atoms with Crippen LogP contribution in [0.15, 0.2) is 42.5 Å². The standard InChI is InChI=1S/C33H54O6.C24H38O4/c1-4-7-10-13-16-19-24-37-31(34)28-22-23-29(32(35)38-25-20-17-14-11-8-5-2)30(27-28)33(36)39-26-21-18-15-12-9-6-3;1-3-5-7-9-11-13-19-27-23(25)21-15-17-22(18-16-21)24(26)28-20-14-12-10-8-6-4-2/h22-23,27H,4-21,24-26H2,1-3H3;15-18H,3-14,19-20H2,1-2H3. The summed E-state index contributed by atoms with van der Waals surface area (Å²) in [6.45, 7) is 12.8. The fourth-order valence-corrected chi connectivity index (χ4v) is 7.40. The van der Waals surface area contributed by atoms with E-state index < -0.39 is 17.9 Å². The zero-order chi connectivity index (χ0) is 49.0. The molecule has 0 unspecified atom stereocenters. The fourth-order valence-electron chi connectivity index (χ4n) is 7.40. The summed E-state index contributed by atoms with van der Waals surface area (Å²) in [6.07, 6.45) is 33.5. The molecule has 2 aromatic carbocycles. The minimum atomic E-state index is -0.611. The summed E-state index contributed by atoms with van der Waals surface area (Å²) in [6, 6.07) is 10.9. The number of benzene rings is 2. The highest BCUT2D eigenvalue weighted by Gasteiger charge is 2.22. The monoisotopic (exact) mass is 937 g/mol. The summed E-state index contributed by atoms with van der Waals surface area (Å²) >= 11 is 0. The lowest BCUT2D eigenvalue weighted by atomic mass is 10.0. The quantitative estimate of drug-likeness (QED) is 0.0361. The topological polar surface area (TPSA) is 132 Å². The Kier molecular flexibility index (Phi) is 39.1. The first-order valence-electron chi connectivity index (χ1n) is 26.8. The smallest absolute Gasteiger partial charge is 0.339 e. The molecule has 0 spiro atoms. The molecule has 0 amide bonds. The fraction of sp³-hybridized carbons (Fsp3) is 0.702. The van der Waals surface area contributed by atoms with Gasteiger partial charge in [-0.3, -0.25) is 0 Å². The molecule has 0 saturated carbocycles. The van der Waals surface area contributed by atoms with Gasteiger partial charge >= 0.3 is 29.8 Å². The second kappa shape index (κ2) is 43.1. The number of ether oxygens (including phenoxy) is 5. The van der Waals surface area contributed by atoms with Gasteiger partial charge in [0.1, 0.15) is 0 Å². The van der Waals surface area contributed by atoms with E-state index in [1.807, 2.05) is 0 Å². The van der Waals surface area contributed by atoms with Gasteiger partial charge in [0, 0.05) is 0 Å². The van der Waals surface area contributed by atoms with Crippen molar-refractivity contribution in [2.24, 2.45) is 0 Å². The number of carbonyl (C=O) groups is 5. The molecule has 0 aliphatic heterocycles. The van der Waals surface area contributed by atoms with Crippen molar-refractivity contribution in [3.63, 3.8) is 0 Å². The van der Waals surface area contributed by atoms with Gasteiger partial charge in [-0.1, -0.05) is 195 Å². The van der Waals surface area contributed by atoms with Crippen molar-refractivity contribution in [2.75, 3.05) is 33.0 Å². The predicted molar refractivity (Wildman–Crippen MR) is 271 cm³/mol. The highest BCUT2D eigenvalue weighted by molar-refractivity contribution is 6.05. The van der Waals surface area contributed by atoms with E-state index in [-0.39, 0.29) is 35.2 Å². The molecule has 0 atom stereocenters. The van der Waals surface area contributed by atoms with E-state index in [9.17, 15) is 24.0 Å². The van der Waals surface area contributed by atoms with Crippen LogP contribution in [-0.4, -0.2) is 62.9 Å². The number of carbonyl (C=O) groups excluding carboxylic acids is 5. The van der Waals surface area contributed by atoms with Crippen molar-refractivity contribution in [1.82, 2.24) is 0 Å². The van der Waals surface area contributed by atoms with Crippen LogP contribution in [-0.2, 0) is 23.7 Å². The summed E-state index contributed by atoms with van der Waals surface area (Å²) in [5.74, 6) is -2.34. The number of hydrogen-bond acceptors (Lipinski definition) is 10. The third-order valence-electron chi connectivity index (χ3n) is 11.7. The molecule has 0 aliphatic rings. The number of rotatable bonds is 40. The second-order valence-electron chi connectivity index (χ2n) is 17.9. The van der Waals surface area contributed by atoms with Crippen molar-refractivity contribution in [2.45, 2.75) is 227 Å². The maximum absolute atomic E-state index is 13.0. The van der Waals surface area contributed by atoms with Crippen LogP contribution in [0.3, 0.4) is 0 Å². The van der Waals surface area contributed by atoms with Crippen LogP contribution < -0.4 is 0 Å². The summed E-state index contributed by atoms with van der Waals surface area (Å²) in [5, 5.41) is 0. The number of hydrogen-bond donors (Lipinski definition) is 0. The molecule has 380 valence electrons. The van der Waals surface area contributed by atoms with E-state index in [1.54, 1.807) is 24.3 Å². The molecule has 2 aromatic rings. The third kappa shape index (κ3) is 31.5. The highest BCUT2D eigenvalue weighted by atomic mass is 16.5. The first-order chi connectivity index (χ1) is 32.7. The summed E-state index contributed by atoms with van der Waals surface area (Å²) in [4.78, 5) is 62.5. The molecule has 0 bridgehead atoms. The van der Waals surface area contributed by atoms with E-state index in [2.05, 4.69) is 34.6 Å². The maximum Gasteiger partial charge on any atom is 0.339 e. The maximum atomic E-state index is 13.0. The lowest BCUT2D eigenvalue weighted by Gasteiger charge is -2.12. The van der Waals surface area contributed by atoms with E-state index in [4.69, 9.17) is 23.7 Å². The van der Waals surface area contributed by atoms with Gasteiger partial charge in [-0.15, -0.1) is 0 Å².